The number of Topliss-reactive ketones (excluding diaryl/α,β-unsaturated/α-hetero) is 1. The number of aryl methyl sites for hydroxylation is 1. The van der Waals surface area contributed by atoms with Crippen molar-refractivity contribution in [1.82, 2.24) is 4.98 Å². The van der Waals surface area contributed by atoms with E-state index in [0.717, 1.165) is 12.0 Å². The number of aromatic nitrogens is 1. The lowest BCUT2D eigenvalue weighted by molar-refractivity contribution is 0.102. The molecule has 1 rings (SSSR count). The first-order valence-electron chi connectivity index (χ1n) is 4.31. The summed E-state index contributed by atoms with van der Waals surface area (Å²) < 4.78 is 0. The highest BCUT2D eigenvalue weighted by Gasteiger charge is 2.11. The predicted molar refractivity (Wildman–Crippen MR) is 52.8 cm³/mol. The molecule has 1 aromatic heterocycles. The van der Waals surface area contributed by atoms with Crippen molar-refractivity contribution in [2.75, 3.05) is 0 Å². The van der Waals surface area contributed by atoms with Crippen molar-refractivity contribution in [3.05, 3.63) is 41.7 Å². The van der Waals surface area contributed by atoms with Gasteiger partial charge in [-0.25, -0.2) is 0 Å². The van der Waals surface area contributed by atoms with E-state index in [2.05, 4.69) is 11.6 Å². The third kappa shape index (κ3) is 2.02. The van der Waals surface area contributed by atoms with Gasteiger partial charge < -0.3 is 0 Å². The highest BCUT2D eigenvalue weighted by Crippen LogP contribution is 2.10. The number of allylic oxidation sites excluding steroid dienone is 1. The zero-order valence-electron chi connectivity index (χ0n) is 8.00. The van der Waals surface area contributed by atoms with Crippen LogP contribution in [0.1, 0.15) is 29.9 Å². The number of hydrogen-bond acceptors (Lipinski definition) is 2. The molecule has 13 heavy (non-hydrogen) atoms. The molecular formula is C11H13NO. The lowest BCUT2D eigenvalue weighted by Crippen LogP contribution is -2.06. The molecule has 1 heterocycles. The van der Waals surface area contributed by atoms with Crippen LogP contribution in [-0.2, 0) is 6.42 Å². The zero-order valence-corrected chi connectivity index (χ0v) is 8.00. The van der Waals surface area contributed by atoms with Crippen LogP contribution in [0.2, 0.25) is 0 Å². The monoisotopic (exact) mass is 175 g/mol. The molecule has 0 saturated heterocycles. The predicted octanol–water partition coefficient (Wildman–Crippen LogP) is 2.40. The molecule has 2 nitrogen and oxygen atoms in total. The fourth-order valence-corrected chi connectivity index (χ4v) is 1.13. The summed E-state index contributed by atoms with van der Waals surface area (Å²) in [5.41, 5.74) is 2.06. The van der Waals surface area contributed by atoms with Gasteiger partial charge >= 0.3 is 0 Å². The van der Waals surface area contributed by atoms with Gasteiger partial charge in [0.1, 0.15) is 5.69 Å². The largest absolute Gasteiger partial charge is 0.287 e. The van der Waals surface area contributed by atoms with Crippen LogP contribution in [0, 0.1) is 0 Å². The Bertz CT molecular complexity index is 342. The van der Waals surface area contributed by atoms with E-state index in [-0.39, 0.29) is 5.78 Å². The normalized spacial score (nSPS) is 9.69. The van der Waals surface area contributed by atoms with Crippen LogP contribution in [0.25, 0.3) is 0 Å². The maximum absolute atomic E-state index is 11.6. The molecular weight excluding hydrogens is 162 g/mol. The van der Waals surface area contributed by atoms with Crippen LogP contribution < -0.4 is 0 Å². The molecule has 1 aromatic rings. The molecule has 0 spiro atoms. The van der Waals surface area contributed by atoms with Gasteiger partial charge in [-0.15, -0.1) is 0 Å². The smallest absolute Gasteiger partial charge is 0.206 e. The van der Waals surface area contributed by atoms with E-state index in [9.17, 15) is 4.79 Å². The van der Waals surface area contributed by atoms with E-state index >= 15 is 0 Å². The maximum atomic E-state index is 11.6. The summed E-state index contributed by atoms with van der Waals surface area (Å²) in [4.78, 5) is 15.6. The van der Waals surface area contributed by atoms with Gasteiger partial charge in [-0.05, 0) is 30.5 Å². The zero-order chi connectivity index (χ0) is 9.84. The molecule has 0 aromatic carbocycles. The first kappa shape index (κ1) is 9.65. The second-order valence-electron chi connectivity index (χ2n) is 2.97. The van der Waals surface area contributed by atoms with Crippen LogP contribution >= 0.6 is 0 Å². The van der Waals surface area contributed by atoms with Crippen molar-refractivity contribution in [3.8, 4) is 0 Å². The average molecular weight is 175 g/mol. The van der Waals surface area contributed by atoms with Gasteiger partial charge in [0.25, 0.3) is 0 Å². The van der Waals surface area contributed by atoms with E-state index in [0.29, 0.717) is 11.3 Å². The number of hydrogen-bond donors (Lipinski definition) is 0. The standard InChI is InChI=1S/C11H13NO/c1-4-9-6-5-7-12-10(9)11(13)8(2)3/h5-7H,2,4H2,1,3H3. The van der Waals surface area contributed by atoms with Gasteiger partial charge in [-0.1, -0.05) is 19.6 Å². The minimum absolute atomic E-state index is 0.0579. The SMILES string of the molecule is C=C(C)C(=O)c1ncccc1CC. The van der Waals surface area contributed by atoms with E-state index in [1.54, 1.807) is 13.1 Å². The Kier molecular flexibility index (Phi) is 2.96. The number of pyridine rings is 1. The molecule has 68 valence electrons. The number of rotatable bonds is 3. The van der Waals surface area contributed by atoms with Crippen LogP contribution in [0.5, 0.6) is 0 Å². The van der Waals surface area contributed by atoms with Crippen molar-refractivity contribution in [2.45, 2.75) is 20.3 Å². The summed E-state index contributed by atoms with van der Waals surface area (Å²) in [5, 5.41) is 0. The van der Waals surface area contributed by atoms with Gasteiger partial charge in [0.2, 0.25) is 5.78 Å². The summed E-state index contributed by atoms with van der Waals surface area (Å²) in [6.45, 7) is 7.33. The Morgan fingerprint density at radius 2 is 2.31 bits per heavy atom. The fraction of sp³-hybridized carbons (Fsp3) is 0.273. The van der Waals surface area contributed by atoms with Crippen molar-refractivity contribution >= 4 is 5.78 Å². The van der Waals surface area contributed by atoms with Gasteiger partial charge in [-0.2, -0.15) is 0 Å². The third-order valence-electron chi connectivity index (χ3n) is 1.87. The molecule has 0 aliphatic carbocycles. The van der Waals surface area contributed by atoms with Crippen molar-refractivity contribution in [1.29, 1.82) is 0 Å². The van der Waals surface area contributed by atoms with Gasteiger partial charge in [0, 0.05) is 6.20 Å². The average Bonchev–Trinajstić information content (AvgIpc) is 2.16. The number of nitrogens with zero attached hydrogens (tertiary/aromatic N) is 1. The molecule has 0 aliphatic heterocycles. The lowest BCUT2D eigenvalue weighted by atomic mass is 10.0. The van der Waals surface area contributed by atoms with Crippen LogP contribution in [0.3, 0.4) is 0 Å². The van der Waals surface area contributed by atoms with Crippen molar-refractivity contribution in [3.63, 3.8) is 0 Å². The molecule has 0 N–H and O–H groups in total. The Morgan fingerprint density at radius 3 is 2.85 bits per heavy atom. The first-order chi connectivity index (χ1) is 6.16. The van der Waals surface area contributed by atoms with E-state index < -0.39 is 0 Å². The Hall–Kier alpha value is -1.44. The summed E-state index contributed by atoms with van der Waals surface area (Å²) in [5.74, 6) is -0.0579. The highest BCUT2D eigenvalue weighted by atomic mass is 16.1. The molecule has 0 radical (unpaired) electrons. The maximum Gasteiger partial charge on any atom is 0.206 e. The minimum Gasteiger partial charge on any atom is -0.287 e. The molecule has 0 unspecified atom stereocenters. The molecule has 0 aliphatic rings. The van der Waals surface area contributed by atoms with E-state index in [1.807, 2.05) is 19.1 Å². The second-order valence-corrected chi connectivity index (χ2v) is 2.97. The summed E-state index contributed by atoms with van der Waals surface area (Å²) in [6, 6.07) is 3.76. The number of ketones is 1. The van der Waals surface area contributed by atoms with Crippen LogP contribution in [0.15, 0.2) is 30.5 Å². The molecule has 0 atom stereocenters. The highest BCUT2D eigenvalue weighted by molar-refractivity contribution is 6.07. The summed E-state index contributed by atoms with van der Waals surface area (Å²) >= 11 is 0. The topological polar surface area (TPSA) is 30.0 Å². The Labute approximate surface area is 78.3 Å². The molecule has 0 amide bonds. The molecule has 2 heteroatoms. The third-order valence-corrected chi connectivity index (χ3v) is 1.87. The van der Waals surface area contributed by atoms with Crippen LogP contribution in [-0.4, -0.2) is 10.8 Å². The summed E-state index contributed by atoms with van der Waals surface area (Å²) in [6.07, 6.45) is 2.46. The minimum atomic E-state index is -0.0579. The van der Waals surface area contributed by atoms with Gasteiger partial charge in [0.05, 0.1) is 0 Å². The van der Waals surface area contributed by atoms with Gasteiger partial charge in [0.15, 0.2) is 0 Å². The van der Waals surface area contributed by atoms with Crippen molar-refractivity contribution in [2.24, 2.45) is 0 Å². The lowest BCUT2D eigenvalue weighted by Gasteiger charge is -2.03. The number of carbonyl (C=O) groups is 1. The van der Waals surface area contributed by atoms with E-state index in [1.165, 1.54) is 0 Å². The molecule has 0 bridgehead atoms. The Balaban J connectivity index is 3.13. The molecule has 0 fully saturated rings. The summed E-state index contributed by atoms with van der Waals surface area (Å²) in [7, 11) is 0. The second kappa shape index (κ2) is 3.99. The fourth-order valence-electron chi connectivity index (χ4n) is 1.13. The molecule has 0 saturated carbocycles. The van der Waals surface area contributed by atoms with E-state index in [4.69, 9.17) is 0 Å². The quantitative estimate of drug-likeness (QED) is 0.521. The number of carbonyl (C=O) groups excluding carboxylic acids is 1. The van der Waals surface area contributed by atoms with Crippen LogP contribution in [0.4, 0.5) is 0 Å². The Morgan fingerprint density at radius 1 is 1.62 bits per heavy atom. The first-order valence-corrected chi connectivity index (χ1v) is 4.31. The van der Waals surface area contributed by atoms with Gasteiger partial charge in [-0.3, -0.25) is 9.78 Å². The van der Waals surface area contributed by atoms with Crippen molar-refractivity contribution < 1.29 is 4.79 Å².